The summed E-state index contributed by atoms with van der Waals surface area (Å²) in [4.78, 5) is 51.4. The molecule has 0 aromatic heterocycles. The lowest BCUT2D eigenvalue weighted by Crippen LogP contribution is -2.46. The van der Waals surface area contributed by atoms with Crippen LogP contribution in [0, 0.1) is 27.8 Å². The van der Waals surface area contributed by atoms with Gasteiger partial charge in [0, 0.05) is 23.9 Å². The Kier molecular flexibility index (Phi) is 4.43. The zero-order valence-corrected chi connectivity index (χ0v) is 16.4. The second-order valence-corrected chi connectivity index (χ2v) is 7.65. The Morgan fingerprint density at radius 2 is 1.81 bits per heavy atom. The molecule has 0 bridgehead atoms. The number of hydrazone groups is 1. The number of Topliss-reactive ketones (excluding diaryl/α,β-unsaturated/α-hetero) is 1. The van der Waals surface area contributed by atoms with Crippen molar-refractivity contribution in [1.29, 1.82) is 0 Å². The fraction of sp³-hybridized carbons (Fsp3) is 0.182. The molecule has 0 saturated carbocycles. The maximum absolute atomic E-state index is 14.4. The highest BCUT2D eigenvalue weighted by Crippen LogP contribution is 2.46. The number of para-hydroxylation sites is 1. The highest BCUT2D eigenvalue weighted by atomic mass is 19.1. The average Bonchev–Trinajstić information content (AvgIpc) is 3.27. The Bertz CT molecular complexity index is 1240. The maximum Gasteiger partial charge on any atom is 0.270 e. The number of halogens is 1. The molecule has 5 rings (SSSR count). The number of imide groups is 1. The number of nitro groups is 1. The molecule has 0 aliphatic carbocycles. The van der Waals surface area contributed by atoms with E-state index < -0.39 is 52.3 Å². The van der Waals surface area contributed by atoms with Crippen LogP contribution < -0.4 is 4.90 Å². The first-order valence-electron chi connectivity index (χ1n) is 9.80. The summed E-state index contributed by atoms with van der Waals surface area (Å²) in [7, 11) is 0. The van der Waals surface area contributed by atoms with Crippen molar-refractivity contribution < 1.29 is 23.7 Å². The Morgan fingerprint density at radius 1 is 1.06 bits per heavy atom. The minimum absolute atomic E-state index is 0.0259. The average molecular weight is 434 g/mol. The van der Waals surface area contributed by atoms with Crippen LogP contribution in [0.15, 0.2) is 65.8 Å². The number of benzene rings is 2. The summed E-state index contributed by atoms with van der Waals surface area (Å²) in [5, 5.41) is 16.8. The zero-order valence-electron chi connectivity index (χ0n) is 16.4. The van der Waals surface area contributed by atoms with Crippen molar-refractivity contribution in [2.45, 2.75) is 12.1 Å². The van der Waals surface area contributed by atoms with Crippen LogP contribution in [0.5, 0.6) is 0 Å². The van der Waals surface area contributed by atoms with E-state index in [1.165, 1.54) is 47.6 Å². The summed E-state index contributed by atoms with van der Waals surface area (Å²) in [6, 6.07) is 8.76. The van der Waals surface area contributed by atoms with Gasteiger partial charge in [0.15, 0.2) is 5.78 Å². The second-order valence-electron chi connectivity index (χ2n) is 7.65. The van der Waals surface area contributed by atoms with Gasteiger partial charge in [0.05, 0.1) is 28.5 Å². The number of ketones is 1. The Labute approximate surface area is 180 Å². The first-order valence-corrected chi connectivity index (χ1v) is 9.80. The zero-order chi connectivity index (χ0) is 22.6. The van der Waals surface area contributed by atoms with E-state index in [0.29, 0.717) is 0 Å². The molecule has 9 nitrogen and oxygen atoms in total. The summed E-state index contributed by atoms with van der Waals surface area (Å²) >= 11 is 0. The molecule has 160 valence electrons. The molecule has 0 radical (unpaired) electrons. The van der Waals surface area contributed by atoms with Gasteiger partial charge in [-0.05, 0) is 18.2 Å². The lowest BCUT2D eigenvalue weighted by molar-refractivity contribution is -0.384. The van der Waals surface area contributed by atoms with Crippen LogP contribution >= 0.6 is 0 Å². The minimum atomic E-state index is -1.17. The normalized spacial score (nSPS) is 25.8. The Balaban J connectivity index is 1.59. The molecule has 2 amide bonds. The van der Waals surface area contributed by atoms with Crippen molar-refractivity contribution in [3.05, 3.63) is 82.2 Å². The summed E-state index contributed by atoms with van der Waals surface area (Å²) in [5.41, 5.74) is -0.419. The van der Waals surface area contributed by atoms with E-state index in [0.717, 1.165) is 17.0 Å². The molecule has 2 fully saturated rings. The first kappa shape index (κ1) is 19.7. The van der Waals surface area contributed by atoms with Crippen molar-refractivity contribution in [2.75, 3.05) is 4.90 Å². The third-order valence-electron chi connectivity index (χ3n) is 5.99. The number of non-ortho nitro benzene ring substituents is 1. The minimum Gasteiger partial charge on any atom is -0.292 e. The van der Waals surface area contributed by atoms with Crippen LogP contribution in [-0.4, -0.2) is 45.8 Å². The Morgan fingerprint density at radius 3 is 2.56 bits per heavy atom. The van der Waals surface area contributed by atoms with E-state index in [-0.39, 0.29) is 16.9 Å². The molecule has 3 aliphatic heterocycles. The number of allylic oxidation sites excluding steroid dienone is 1. The fourth-order valence-electron chi connectivity index (χ4n) is 4.65. The van der Waals surface area contributed by atoms with E-state index in [1.54, 1.807) is 12.2 Å². The molecule has 10 heteroatoms. The van der Waals surface area contributed by atoms with E-state index in [4.69, 9.17) is 0 Å². The van der Waals surface area contributed by atoms with Crippen molar-refractivity contribution in [3.8, 4) is 0 Å². The second kappa shape index (κ2) is 7.19. The number of amides is 2. The molecule has 2 aromatic rings. The smallest absolute Gasteiger partial charge is 0.270 e. The molecular weight excluding hydrogens is 419 g/mol. The van der Waals surface area contributed by atoms with Gasteiger partial charge in [-0.15, -0.1) is 0 Å². The van der Waals surface area contributed by atoms with Crippen molar-refractivity contribution in [1.82, 2.24) is 5.01 Å². The van der Waals surface area contributed by atoms with Gasteiger partial charge < -0.3 is 0 Å². The highest BCUT2D eigenvalue weighted by Gasteiger charge is 2.64. The number of anilines is 1. The highest BCUT2D eigenvalue weighted by molar-refractivity contribution is 6.24. The summed E-state index contributed by atoms with van der Waals surface area (Å²) in [5.74, 6) is -4.68. The van der Waals surface area contributed by atoms with Crippen LogP contribution in [0.3, 0.4) is 0 Å². The van der Waals surface area contributed by atoms with Gasteiger partial charge in [0.25, 0.3) is 5.69 Å². The number of fused-ring (bicyclic) bond motifs is 3. The number of carbonyl (C=O) groups is 3. The molecule has 0 spiro atoms. The maximum atomic E-state index is 14.4. The van der Waals surface area contributed by atoms with Gasteiger partial charge in [-0.25, -0.2) is 9.29 Å². The number of hydrogen-bond donors (Lipinski definition) is 0. The molecule has 32 heavy (non-hydrogen) atoms. The molecule has 3 aliphatic rings. The van der Waals surface area contributed by atoms with Gasteiger partial charge in [0.1, 0.15) is 11.9 Å². The van der Waals surface area contributed by atoms with Gasteiger partial charge in [-0.1, -0.05) is 30.3 Å². The van der Waals surface area contributed by atoms with Gasteiger partial charge >= 0.3 is 0 Å². The van der Waals surface area contributed by atoms with E-state index >= 15 is 0 Å². The third-order valence-corrected chi connectivity index (χ3v) is 5.99. The summed E-state index contributed by atoms with van der Waals surface area (Å²) < 4.78 is 14.4. The van der Waals surface area contributed by atoms with Crippen LogP contribution in [0.2, 0.25) is 0 Å². The van der Waals surface area contributed by atoms with E-state index in [1.807, 2.05) is 0 Å². The molecule has 4 atom stereocenters. The van der Waals surface area contributed by atoms with Gasteiger partial charge in [0.2, 0.25) is 11.8 Å². The molecule has 0 N–H and O–H groups in total. The fourth-order valence-corrected chi connectivity index (χ4v) is 4.65. The number of nitro benzene ring substituents is 1. The van der Waals surface area contributed by atoms with Crippen molar-refractivity contribution in [2.24, 2.45) is 16.9 Å². The largest absolute Gasteiger partial charge is 0.292 e. The number of rotatable bonds is 4. The summed E-state index contributed by atoms with van der Waals surface area (Å²) in [6.45, 7) is 0. The lowest BCUT2D eigenvalue weighted by Gasteiger charge is -2.30. The van der Waals surface area contributed by atoms with Gasteiger partial charge in [-0.2, -0.15) is 5.10 Å². The van der Waals surface area contributed by atoms with E-state index in [2.05, 4.69) is 5.10 Å². The quantitative estimate of drug-likeness (QED) is 0.316. The standard InChI is InChI=1S/C22H15FN4O5/c23-14-7-1-2-8-15(14)25-21(29)17-16-9-4-10-24-26(16)19(18(17)22(25)30)20(28)12-5-3-6-13(11-12)27(31)32/h1-11,16-19H/t16-,17-,18-,19+/m0/s1. The van der Waals surface area contributed by atoms with Crippen LogP contribution in [0.1, 0.15) is 10.4 Å². The monoisotopic (exact) mass is 434 g/mol. The molecule has 2 aromatic carbocycles. The van der Waals surface area contributed by atoms with Crippen molar-refractivity contribution >= 4 is 35.2 Å². The van der Waals surface area contributed by atoms with Crippen LogP contribution in [-0.2, 0) is 9.59 Å². The summed E-state index contributed by atoms with van der Waals surface area (Å²) in [6.07, 6.45) is 4.72. The molecule has 0 unspecified atom stereocenters. The first-order chi connectivity index (χ1) is 15.4. The molecule has 3 heterocycles. The van der Waals surface area contributed by atoms with Crippen molar-refractivity contribution in [3.63, 3.8) is 0 Å². The van der Waals surface area contributed by atoms with E-state index in [9.17, 15) is 28.9 Å². The van der Waals surface area contributed by atoms with Crippen LogP contribution in [0.25, 0.3) is 0 Å². The topological polar surface area (TPSA) is 113 Å². The third kappa shape index (κ3) is 2.76. The van der Waals surface area contributed by atoms with Gasteiger partial charge in [-0.3, -0.25) is 29.5 Å². The number of carbonyl (C=O) groups excluding carboxylic acids is 3. The predicted molar refractivity (Wildman–Crippen MR) is 110 cm³/mol. The predicted octanol–water partition coefficient (Wildman–Crippen LogP) is 2.33. The number of hydrogen-bond acceptors (Lipinski definition) is 7. The molecular formula is C22H15FN4O5. The SMILES string of the molecule is O=C(c1cccc([N+](=O)[O-])c1)[C@H]1[C@H]2C(=O)N(c3ccccc3F)C(=O)[C@H]2[C@@H]2C=CC=NN21. The Hall–Kier alpha value is -4.21. The molecule has 2 saturated heterocycles. The lowest BCUT2D eigenvalue weighted by atomic mass is 9.86. The number of nitrogens with zero attached hydrogens (tertiary/aromatic N) is 4. The van der Waals surface area contributed by atoms with Crippen LogP contribution in [0.4, 0.5) is 15.8 Å².